The second-order valence-electron chi connectivity index (χ2n) is 5.88. The molecule has 1 heterocycles. The minimum absolute atomic E-state index is 0.0719. The highest BCUT2D eigenvalue weighted by Gasteiger charge is 2.25. The maximum absolute atomic E-state index is 12.1. The van der Waals surface area contributed by atoms with Gasteiger partial charge in [0.2, 0.25) is 5.91 Å². The predicted octanol–water partition coefficient (Wildman–Crippen LogP) is 1.91. The molecule has 0 radical (unpaired) electrons. The number of hydrogen-bond donors (Lipinski definition) is 1. The van der Waals surface area contributed by atoms with Crippen LogP contribution in [0.15, 0.2) is 18.2 Å². The van der Waals surface area contributed by atoms with Gasteiger partial charge in [0.05, 0.1) is 6.42 Å². The zero-order valence-corrected chi connectivity index (χ0v) is 11.7. The number of likely N-dealkylation sites (N-methyl/N-ethyl adjacent to an activating group) is 1. The molecule has 1 aromatic carbocycles. The van der Waals surface area contributed by atoms with E-state index in [0.717, 1.165) is 11.3 Å². The molecule has 19 heavy (non-hydrogen) atoms. The molecule has 2 rings (SSSR count). The van der Waals surface area contributed by atoms with Crippen molar-refractivity contribution in [2.45, 2.75) is 38.6 Å². The lowest BCUT2D eigenvalue weighted by molar-refractivity contribution is -0.117. The number of Topliss-reactive ketones (excluding diaryl/α,β-unsaturated/α-hetero) is 1. The first kappa shape index (κ1) is 13.7. The van der Waals surface area contributed by atoms with Crippen molar-refractivity contribution in [2.24, 2.45) is 5.73 Å². The minimum atomic E-state index is -0.331. The Morgan fingerprint density at radius 3 is 2.74 bits per heavy atom. The second kappa shape index (κ2) is 4.78. The summed E-state index contributed by atoms with van der Waals surface area (Å²) in [6.07, 6.45) is 1.48. The van der Waals surface area contributed by atoms with Gasteiger partial charge in [-0.05, 0) is 44.0 Å². The van der Waals surface area contributed by atoms with Crippen molar-refractivity contribution >= 4 is 17.4 Å². The second-order valence-corrected chi connectivity index (χ2v) is 5.88. The van der Waals surface area contributed by atoms with Gasteiger partial charge in [0.15, 0.2) is 5.78 Å². The smallest absolute Gasteiger partial charge is 0.231 e. The van der Waals surface area contributed by atoms with Crippen molar-refractivity contribution in [1.82, 2.24) is 0 Å². The van der Waals surface area contributed by atoms with Gasteiger partial charge in [0.25, 0.3) is 0 Å². The quantitative estimate of drug-likeness (QED) is 0.841. The maximum atomic E-state index is 12.1. The molecule has 0 spiro atoms. The van der Waals surface area contributed by atoms with Crippen LogP contribution in [-0.2, 0) is 11.2 Å². The average molecular weight is 260 g/mol. The van der Waals surface area contributed by atoms with Crippen molar-refractivity contribution in [3.05, 3.63) is 29.3 Å². The van der Waals surface area contributed by atoms with Crippen molar-refractivity contribution in [2.75, 3.05) is 11.9 Å². The number of anilines is 1. The van der Waals surface area contributed by atoms with Gasteiger partial charge in [-0.3, -0.25) is 9.59 Å². The number of fused-ring (bicyclic) bond motifs is 1. The largest absolute Gasteiger partial charge is 0.326 e. The molecule has 4 nitrogen and oxygen atoms in total. The van der Waals surface area contributed by atoms with E-state index in [2.05, 4.69) is 0 Å². The van der Waals surface area contributed by atoms with Crippen molar-refractivity contribution in [3.8, 4) is 0 Å². The zero-order chi connectivity index (χ0) is 14.2. The summed E-state index contributed by atoms with van der Waals surface area (Å²) in [5, 5.41) is 0. The number of hydrogen-bond acceptors (Lipinski definition) is 3. The van der Waals surface area contributed by atoms with E-state index in [4.69, 9.17) is 5.73 Å². The Morgan fingerprint density at radius 2 is 2.11 bits per heavy atom. The van der Waals surface area contributed by atoms with Crippen LogP contribution in [0, 0.1) is 0 Å². The summed E-state index contributed by atoms with van der Waals surface area (Å²) >= 11 is 0. The first-order valence-corrected chi connectivity index (χ1v) is 6.49. The van der Waals surface area contributed by atoms with Gasteiger partial charge in [-0.25, -0.2) is 0 Å². The SMILES string of the molecule is CN1C(=O)Cc2cc(C(=O)CCC(C)(C)N)ccc21. The van der Waals surface area contributed by atoms with E-state index < -0.39 is 0 Å². The highest BCUT2D eigenvalue weighted by Crippen LogP contribution is 2.28. The third-order valence-electron chi connectivity index (χ3n) is 3.48. The van der Waals surface area contributed by atoms with Gasteiger partial charge in [-0.15, -0.1) is 0 Å². The molecule has 0 atom stereocenters. The van der Waals surface area contributed by atoms with Crippen LogP contribution in [0.5, 0.6) is 0 Å². The lowest BCUT2D eigenvalue weighted by atomic mass is 9.95. The molecule has 102 valence electrons. The van der Waals surface area contributed by atoms with Crippen molar-refractivity contribution in [1.29, 1.82) is 0 Å². The molecular formula is C15H20N2O2. The minimum Gasteiger partial charge on any atom is -0.326 e. The molecule has 1 aliphatic heterocycles. The van der Waals surface area contributed by atoms with Gasteiger partial charge < -0.3 is 10.6 Å². The Morgan fingerprint density at radius 1 is 1.42 bits per heavy atom. The summed E-state index contributed by atoms with van der Waals surface area (Å²) in [5.41, 5.74) is 8.07. The highest BCUT2D eigenvalue weighted by atomic mass is 16.2. The number of nitrogens with two attached hydrogens (primary N) is 1. The summed E-state index contributed by atoms with van der Waals surface area (Å²) in [4.78, 5) is 25.3. The summed E-state index contributed by atoms with van der Waals surface area (Å²) in [5.74, 6) is 0.158. The first-order valence-electron chi connectivity index (χ1n) is 6.49. The van der Waals surface area contributed by atoms with E-state index >= 15 is 0 Å². The molecule has 0 saturated carbocycles. The van der Waals surface area contributed by atoms with Crippen LogP contribution in [0.3, 0.4) is 0 Å². The molecule has 0 aromatic heterocycles. The number of carbonyl (C=O) groups is 2. The van der Waals surface area contributed by atoms with Crippen molar-refractivity contribution < 1.29 is 9.59 Å². The molecule has 0 fully saturated rings. The first-order chi connectivity index (χ1) is 8.78. The van der Waals surface area contributed by atoms with Crippen LogP contribution in [0.25, 0.3) is 0 Å². The number of nitrogens with zero attached hydrogens (tertiary/aromatic N) is 1. The fraction of sp³-hybridized carbons (Fsp3) is 0.467. The Hall–Kier alpha value is -1.68. The van der Waals surface area contributed by atoms with E-state index in [1.807, 2.05) is 26.0 Å². The molecule has 0 bridgehead atoms. The number of carbonyl (C=O) groups excluding carboxylic acids is 2. The Kier molecular flexibility index (Phi) is 3.45. The molecule has 1 amide bonds. The number of benzene rings is 1. The summed E-state index contributed by atoms with van der Waals surface area (Å²) < 4.78 is 0. The number of amides is 1. The van der Waals surface area contributed by atoms with Gasteiger partial charge in [-0.1, -0.05) is 0 Å². The summed E-state index contributed by atoms with van der Waals surface area (Å²) in [6.45, 7) is 3.83. The normalized spacial score (nSPS) is 14.7. The van der Waals surface area contributed by atoms with E-state index in [-0.39, 0.29) is 17.2 Å². The molecular weight excluding hydrogens is 240 g/mol. The Bertz CT molecular complexity index is 529. The van der Waals surface area contributed by atoms with Crippen LogP contribution in [0.4, 0.5) is 5.69 Å². The Labute approximate surface area is 113 Å². The summed E-state index contributed by atoms with van der Waals surface area (Å²) in [6, 6.07) is 5.48. The van der Waals surface area contributed by atoms with Crippen LogP contribution in [0.2, 0.25) is 0 Å². The lowest BCUT2D eigenvalue weighted by Gasteiger charge is -2.17. The van der Waals surface area contributed by atoms with Gasteiger partial charge in [0, 0.05) is 30.3 Å². The monoisotopic (exact) mass is 260 g/mol. The van der Waals surface area contributed by atoms with Crippen LogP contribution in [0.1, 0.15) is 42.6 Å². The third-order valence-corrected chi connectivity index (χ3v) is 3.48. The number of ketones is 1. The van der Waals surface area contributed by atoms with Crippen LogP contribution >= 0.6 is 0 Å². The van der Waals surface area contributed by atoms with Gasteiger partial charge in [0.1, 0.15) is 0 Å². The zero-order valence-electron chi connectivity index (χ0n) is 11.7. The summed E-state index contributed by atoms with van der Waals surface area (Å²) in [7, 11) is 1.76. The van der Waals surface area contributed by atoms with Crippen molar-refractivity contribution in [3.63, 3.8) is 0 Å². The van der Waals surface area contributed by atoms with Crippen LogP contribution < -0.4 is 10.6 Å². The topological polar surface area (TPSA) is 63.4 Å². The third kappa shape index (κ3) is 3.01. The molecule has 4 heteroatoms. The van der Waals surface area contributed by atoms with E-state index in [1.165, 1.54) is 0 Å². The standard InChI is InChI=1S/C15H20N2O2/c1-15(2,16)7-6-13(18)10-4-5-12-11(8-10)9-14(19)17(12)3/h4-5,8H,6-7,9,16H2,1-3H3. The highest BCUT2D eigenvalue weighted by molar-refractivity contribution is 6.03. The molecule has 0 aliphatic carbocycles. The molecule has 1 aromatic rings. The fourth-order valence-corrected chi connectivity index (χ4v) is 2.22. The Balaban J connectivity index is 2.13. The van der Waals surface area contributed by atoms with Crippen LogP contribution in [-0.4, -0.2) is 24.3 Å². The number of rotatable bonds is 4. The molecule has 2 N–H and O–H groups in total. The van der Waals surface area contributed by atoms with E-state index in [1.54, 1.807) is 18.0 Å². The fourth-order valence-electron chi connectivity index (χ4n) is 2.22. The maximum Gasteiger partial charge on any atom is 0.231 e. The average Bonchev–Trinajstić information content (AvgIpc) is 2.61. The molecule has 1 aliphatic rings. The lowest BCUT2D eigenvalue weighted by Crippen LogP contribution is -2.32. The van der Waals surface area contributed by atoms with E-state index in [0.29, 0.717) is 24.8 Å². The predicted molar refractivity (Wildman–Crippen MR) is 75.4 cm³/mol. The van der Waals surface area contributed by atoms with Gasteiger partial charge >= 0.3 is 0 Å². The molecule has 0 unspecified atom stereocenters. The van der Waals surface area contributed by atoms with Gasteiger partial charge in [-0.2, -0.15) is 0 Å². The van der Waals surface area contributed by atoms with E-state index in [9.17, 15) is 9.59 Å². The molecule has 0 saturated heterocycles.